The second kappa shape index (κ2) is 6.69. The van der Waals surface area contributed by atoms with E-state index in [0.29, 0.717) is 0 Å². The molecule has 0 aliphatic rings. The highest BCUT2D eigenvalue weighted by atomic mass is 79.9. The Bertz CT molecular complexity index is 1810. The van der Waals surface area contributed by atoms with Crippen LogP contribution >= 0.6 is 15.9 Å². The fraction of sp³-hybridized carbons (Fsp3) is 0. The third kappa shape index (κ3) is 2.57. The average Bonchev–Trinajstić information content (AvgIpc) is 3.21. The zero-order valence-corrected chi connectivity index (χ0v) is 18.7. The van der Waals surface area contributed by atoms with Crippen LogP contribution in [0.4, 0.5) is 0 Å². The van der Waals surface area contributed by atoms with E-state index >= 15 is 0 Å². The second-order valence-electron chi connectivity index (χ2n) is 8.31. The number of hydrogen-bond donors (Lipinski definition) is 0. The number of fused-ring (bicyclic) bond motifs is 9. The van der Waals surface area contributed by atoms with Gasteiger partial charge in [0.1, 0.15) is 11.2 Å². The van der Waals surface area contributed by atoms with E-state index in [-0.39, 0.29) is 0 Å². The lowest BCUT2D eigenvalue weighted by Gasteiger charge is -2.12. The SMILES string of the molecule is Brc1ccc2oc3ccc(-c4ccc5c6ccccc6c6ccccc6c5c4)cc3c2c1. The molecule has 32 heavy (non-hydrogen) atoms. The molecular formula is C30H17BrO. The summed E-state index contributed by atoms with van der Waals surface area (Å²) in [6, 6.07) is 36.9. The summed E-state index contributed by atoms with van der Waals surface area (Å²) in [5, 5.41) is 10.1. The Labute approximate surface area is 193 Å². The van der Waals surface area contributed by atoms with Gasteiger partial charge in [0.25, 0.3) is 0 Å². The van der Waals surface area contributed by atoms with Gasteiger partial charge < -0.3 is 4.42 Å². The minimum absolute atomic E-state index is 0.913. The number of hydrogen-bond acceptors (Lipinski definition) is 1. The van der Waals surface area contributed by atoms with Crippen molar-refractivity contribution in [1.29, 1.82) is 0 Å². The first-order valence-corrected chi connectivity index (χ1v) is 11.5. The van der Waals surface area contributed by atoms with Crippen LogP contribution in [0.25, 0.3) is 65.4 Å². The van der Waals surface area contributed by atoms with Gasteiger partial charge in [0.15, 0.2) is 0 Å². The smallest absolute Gasteiger partial charge is 0.135 e. The molecule has 0 bridgehead atoms. The molecule has 0 spiro atoms. The molecule has 0 saturated carbocycles. The van der Waals surface area contributed by atoms with Crippen molar-refractivity contribution < 1.29 is 4.42 Å². The predicted octanol–water partition coefficient (Wildman–Crippen LogP) is 9.48. The fourth-order valence-electron chi connectivity index (χ4n) is 5.02. The van der Waals surface area contributed by atoms with E-state index in [1.165, 1.54) is 43.4 Å². The molecule has 1 heterocycles. The first kappa shape index (κ1) is 18.0. The maximum absolute atomic E-state index is 6.05. The van der Waals surface area contributed by atoms with Gasteiger partial charge in [-0.25, -0.2) is 0 Å². The van der Waals surface area contributed by atoms with Gasteiger partial charge in [0, 0.05) is 15.2 Å². The zero-order valence-electron chi connectivity index (χ0n) is 17.1. The molecule has 150 valence electrons. The molecule has 7 rings (SSSR count). The zero-order chi connectivity index (χ0) is 21.2. The first-order chi connectivity index (χ1) is 15.8. The topological polar surface area (TPSA) is 13.1 Å². The number of rotatable bonds is 1. The van der Waals surface area contributed by atoms with E-state index in [1.807, 2.05) is 12.1 Å². The van der Waals surface area contributed by atoms with Crippen molar-refractivity contribution >= 4 is 70.2 Å². The lowest BCUT2D eigenvalue weighted by atomic mass is 9.92. The molecule has 0 radical (unpaired) electrons. The Kier molecular flexibility index (Phi) is 3.76. The molecule has 1 nitrogen and oxygen atoms in total. The molecule has 0 amide bonds. The monoisotopic (exact) mass is 472 g/mol. The largest absolute Gasteiger partial charge is 0.456 e. The van der Waals surface area contributed by atoms with Crippen molar-refractivity contribution in [2.24, 2.45) is 0 Å². The minimum Gasteiger partial charge on any atom is -0.456 e. The molecule has 0 unspecified atom stereocenters. The normalized spacial score (nSPS) is 11.9. The van der Waals surface area contributed by atoms with Crippen molar-refractivity contribution in [3.05, 3.63) is 108 Å². The van der Waals surface area contributed by atoms with Crippen molar-refractivity contribution in [3.63, 3.8) is 0 Å². The van der Waals surface area contributed by atoms with Crippen molar-refractivity contribution in [2.45, 2.75) is 0 Å². The predicted molar refractivity (Wildman–Crippen MR) is 139 cm³/mol. The van der Waals surface area contributed by atoms with Gasteiger partial charge >= 0.3 is 0 Å². The molecule has 0 atom stereocenters. The Morgan fingerprint density at radius 1 is 0.406 bits per heavy atom. The van der Waals surface area contributed by atoms with Gasteiger partial charge in [0.05, 0.1) is 0 Å². The van der Waals surface area contributed by atoms with Crippen molar-refractivity contribution in [2.75, 3.05) is 0 Å². The van der Waals surface area contributed by atoms with Gasteiger partial charge in [-0.15, -0.1) is 0 Å². The summed E-state index contributed by atoms with van der Waals surface area (Å²) in [5.41, 5.74) is 4.24. The van der Waals surface area contributed by atoms with Crippen molar-refractivity contribution in [3.8, 4) is 11.1 Å². The summed E-state index contributed by atoms with van der Waals surface area (Å²) in [7, 11) is 0. The van der Waals surface area contributed by atoms with Gasteiger partial charge in [-0.05, 0) is 79.8 Å². The van der Waals surface area contributed by atoms with Crippen LogP contribution in [0.1, 0.15) is 0 Å². The van der Waals surface area contributed by atoms with Gasteiger partial charge in [-0.1, -0.05) is 82.7 Å². The summed E-state index contributed by atoms with van der Waals surface area (Å²) < 4.78 is 7.11. The Balaban J connectivity index is 1.53. The summed E-state index contributed by atoms with van der Waals surface area (Å²) in [6.45, 7) is 0. The van der Waals surface area contributed by atoms with Crippen LogP contribution in [0.5, 0.6) is 0 Å². The number of benzene rings is 6. The van der Waals surface area contributed by atoms with Gasteiger partial charge in [-0.2, -0.15) is 0 Å². The van der Waals surface area contributed by atoms with Gasteiger partial charge in [-0.3, -0.25) is 0 Å². The highest BCUT2D eigenvalue weighted by molar-refractivity contribution is 9.10. The maximum Gasteiger partial charge on any atom is 0.135 e. The average molecular weight is 473 g/mol. The quantitative estimate of drug-likeness (QED) is 0.217. The van der Waals surface area contributed by atoms with Crippen LogP contribution in [0, 0.1) is 0 Å². The van der Waals surface area contributed by atoms with E-state index < -0.39 is 0 Å². The first-order valence-electron chi connectivity index (χ1n) is 10.7. The molecule has 0 N–H and O–H groups in total. The highest BCUT2D eigenvalue weighted by Crippen LogP contribution is 2.38. The number of halogens is 1. The van der Waals surface area contributed by atoms with Crippen LogP contribution in [0.3, 0.4) is 0 Å². The van der Waals surface area contributed by atoms with E-state index in [1.54, 1.807) is 0 Å². The highest BCUT2D eigenvalue weighted by Gasteiger charge is 2.12. The van der Waals surface area contributed by atoms with E-state index in [9.17, 15) is 0 Å². The minimum atomic E-state index is 0.913. The van der Waals surface area contributed by atoms with E-state index in [0.717, 1.165) is 26.4 Å². The van der Waals surface area contributed by atoms with Gasteiger partial charge in [0.2, 0.25) is 0 Å². The second-order valence-corrected chi connectivity index (χ2v) is 9.22. The molecule has 2 heteroatoms. The summed E-state index contributed by atoms with van der Waals surface area (Å²) in [5.74, 6) is 0. The molecule has 0 saturated heterocycles. The molecule has 6 aromatic carbocycles. The molecule has 0 aliphatic carbocycles. The molecular weight excluding hydrogens is 456 g/mol. The Morgan fingerprint density at radius 2 is 0.875 bits per heavy atom. The van der Waals surface area contributed by atoms with E-state index in [4.69, 9.17) is 4.42 Å². The van der Waals surface area contributed by atoms with Crippen molar-refractivity contribution in [1.82, 2.24) is 0 Å². The number of furan rings is 1. The van der Waals surface area contributed by atoms with Crippen LogP contribution in [0.15, 0.2) is 112 Å². The van der Waals surface area contributed by atoms with Crippen LogP contribution in [-0.4, -0.2) is 0 Å². The van der Waals surface area contributed by atoms with Crippen LogP contribution < -0.4 is 0 Å². The molecule has 7 aromatic rings. The summed E-state index contributed by atoms with van der Waals surface area (Å²) in [6.07, 6.45) is 0. The van der Waals surface area contributed by atoms with E-state index in [2.05, 4.69) is 107 Å². The fourth-order valence-corrected chi connectivity index (χ4v) is 5.38. The maximum atomic E-state index is 6.05. The lowest BCUT2D eigenvalue weighted by molar-refractivity contribution is 0.669. The third-order valence-corrected chi connectivity index (χ3v) is 7.00. The lowest BCUT2D eigenvalue weighted by Crippen LogP contribution is -1.85. The summed E-state index contributed by atoms with van der Waals surface area (Å²) >= 11 is 3.59. The third-order valence-electron chi connectivity index (χ3n) is 6.51. The Morgan fingerprint density at radius 3 is 1.53 bits per heavy atom. The molecule has 0 fully saturated rings. The van der Waals surface area contributed by atoms with Crippen LogP contribution in [0.2, 0.25) is 0 Å². The molecule has 0 aliphatic heterocycles. The Hall–Kier alpha value is -3.62. The molecule has 1 aromatic heterocycles. The standard InChI is InChI=1S/C30H17BrO/c31-20-11-14-30-28(17-20)27-16-19(10-13-29(27)32-30)18-9-12-25-23-7-2-1-5-21(23)22-6-3-4-8-24(22)26(25)15-18/h1-17H. The summed E-state index contributed by atoms with van der Waals surface area (Å²) in [4.78, 5) is 0. The van der Waals surface area contributed by atoms with Crippen LogP contribution in [-0.2, 0) is 0 Å².